The first-order valence-electron chi connectivity index (χ1n) is 5.95. The lowest BCUT2D eigenvalue weighted by atomic mass is 10.0. The van der Waals surface area contributed by atoms with Gasteiger partial charge in [0.15, 0.2) is 5.01 Å². The second-order valence-electron chi connectivity index (χ2n) is 4.38. The van der Waals surface area contributed by atoms with Gasteiger partial charge in [-0.15, -0.1) is 17.8 Å². The van der Waals surface area contributed by atoms with E-state index in [0.717, 1.165) is 27.3 Å². The Kier molecular flexibility index (Phi) is 2.94. The molecule has 0 saturated heterocycles. The molecule has 2 nitrogen and oxygen atoms in total. The predicted molar refractivity (Wildman–Crippen MR) is 81.2 cm³/mol. The molecule has 0 aliphatic rings. The molecule has 1 aromatic heterocycles. The molecule has 0 aliphatic carbocycles. The van der Waals surface area contributed by atoms with Gasteiger partial charge in [0, 0.05) is 5.69 Å². The van der Waals surface area contributed by atoms with Crippen LogP contribution in [-0.2, 0) is 6.42 Å². The van der Waals surface area contributed by atoms with Crippen molar-refractivity contribution in [2.75, 3.05) is 5.73 Å². The van der Waals surface area contributed by atoms with Crippen LogP contribution in [0, 0.1) is 12.3 Å². The fourth-order valence-electron chi connectivity index (χ4n) is 2.01. The lowest BCUT2D eigenvalue weighted by Crippen LogP contribution is -1.89. The summed E-state index contributed by atoms with van der Waals surface area (Å²) < 4.78 is 1.14. The molecule has 3 rings (SSSR count). The van der Waals surface area contributed by atoms with Gasteiger partial charge in [0.2, 0.25) is 0 Å². The fourth-order valence-corrected chi connectivity index (χ4v) is 2.85. The third-order valence-electron chi connectivity index (χ3n) is 2.96. The Balaban J connectivity index is 1.93. The van der Waals surface area contributed by atoms with E-state index in [1.54, 1.807) is 11.3 Å². The number of nitrogens with zero attached hydrogens (tertiary/aromatic N) is 1. The smallest absolute Gasteiger partial charge is 0.167 e. The van der Waals surface area contributed by atoms with Crippen molar-refractivity contribution in [1.29, 1.82) is 0 Å². The normalized spacial score (nSPS) is 10.5. The molecule has 3 heteroatoms. The van der Waals surface area contributed by atoms with Crippen LogP contribution >= 0.6 is 11.3 Å². The second-order valence-corrected chi connectivity index (χ2v) is 5.41. The van der Waals surface area contributed by atoms with Gasteiger partial charge in [0.25, 0.3) is 0 Å². The molecule has 0 saturated carbocycles. The summed E-state index contributed by atoms with van der Waals surface area (Å²) >= 11 is 1.56. The molecular weight excluding hydrogens is 252 g/mol. The molecule has 0 fully saturated rings. The predicted octanol–water partition coefficient (Wildman–Crippen LogP) is 3.45. The van der Waals surface area contributed by atoms with E-state index in [1.165, 1.54) is 11.1 Å². The highest BCUT2D eigenvalue weighted by Crippen LogP contribution is 2.24. The monoisotopic (exact) mass is 264 g/mol. The van der Waals surface area contributed by atoms with Crippen molar-refractivity contribution in [3.8, 4) is 12.3 Å². The number of terminal acetylenes is 1. The van der Waals surface area contributed by atoms with Crippen LogP contribution in [0.2, 0.25) is 0 Å². The van der Waals surface area contributed by atoms with Gasteiger partial charge in [-0.1, -0.05) is 18.2 Å². The largest absolute Gasteiger partial charge is 0.399 e. The van der Waals surface area contributed by atoms with Crippen molar-refractivity contribution < 1.29 is 0 Å². The number of nitrogen functional groups attached to an aromatic ring is 1. The number of thiazole rings is 1. The number of nitrogens with two attached hydrogens (primary N) is 1. The van der Waals surface area contributed by atoms with Gasteiger partial charge in [0.1, 0.15) is 0 Å². The summed E-state index contributed by atoms with van der Waals surface area (Å²) in [6, 6.07) is 14.2. The Labute approximate surface area is 115 Å². The van der Waals surface area contributed by atoms with E-state index in [-0.39, 0.29) is 0 Å². The highest BCUT2D eigenvalue weighted by molar-refractivity contribution is 7.19. The zero-order valence-corrected chi connectivity index (χ0v) is 11.1. The summed E-state index contributed by atoms with van der Waals surface area (Å²) in [5.74, 6) is 2.59. The first kappa shape index (κ1) is 11.8. The van der Waals surface area contributed by atoms with Gasteiger partial charge in [-0.25, -0.2) is 4.98 Å². The van der Waals surface area contributed by atoms with E-state index in [4.69, 9.17) is 12.2 Å². The third-order valence-corrected chi connectivity index (χ3v) is 3.91. The molecule has 19 heavy (non-hydrogen) atoms. The Hall–Kier alpha value is -2.31. The van der Waals surface area contributed by atoms with Crippen LogP contribution in [0.1, 0.15) is 16.1 Å². The highest BCUT2D eigenvalue weighted by atomic mass is 32.1. The van der Waals surface area contributed by atoms with E-state index in [1.807, 2.05) is 18.2 Å². The standard InChI is InChI=1S/C16H12N2S/c1-2-16-18-14-8-5-12(10-15(14)19-16)9-11-3-6-13(17)7-4-11/h1,3-8,10H,9,17H2. The molecule has 1 heterocycles. The lowest BCUT2D eigenvalue weighted by molar-refractivity contribution is 1.20. The molecular formula is C16H12N2S. The molecule has 0 amide bonds. The van der Waals surface area contributed by atoms with Crippen LogP contribution < -0.4 is 5.73 Å². The minimum absolute atomic E-state index is 0.736. The molecule has 0 atom stereocenters. The number of hydrogen-bond acceptors (Lipinski definition) is 3. The Morgan fingerprint density at radius 2 is 1.84 bits per heavy atom. The van der Waals surface area contributed by atoms with Crippen molar-refractivity contribution >= 4 is 27.2 Å². The van der Waals surface area contributed by atoms with Crippen LogP contribution in [0.25, 0.3) is 10.2 Å². The zero-order valence-electron chi connectivity index (χ0n) is 10.3. The van der Waals surface area contributed by atoms with Crippen LogP contribution in [0.5, 0.6) is 0 Å². The summed E-state index contributed by atoms with van der Waals surface area (Å²) in [5.41, 5.74) is 9.95. The lowest BCUT2D eigenvalue weighted by Gasteiger charge is -2.02. The van der Waals surface area contributed by atoms with Crippen molar-refractivity contribution in [2.24, 2.45) is 0 Å². The van der Waals surface area contributed by atoms with E-state index >= 15 is 0 Å². The summed E-state index contributed by atoms with van der Waals surface area (Å²) in [4.78, 5) is 4.36. The number of hydrogen-bond donors (Lipinski definition) is 1. The molecule has 2 N–H and O–H groups in total. The number of fused-ring (bicyclic) bond motifs is 1. The first-order chi connectivity index (χ1) is 9.24. The molecule has 0 radical (unpaired) electrons. The fraction of sp³-hybridized carbons (Fsp3) is 0.0625. The van der Waals surface area contributed by atoms with Gasteiger partial charge >= 0.3 is 0 Å². The zero-order chi connectivity index (χ0) is 13.2. The molecule has 0 spiro atoms. The van der Waals surface area contributed by atoms with Gasteiger partial charge in [-0.3, -0.25) is 0 Å². The summed E-state index contributed by atoms with van der Waals surface area (Å²) in [5, 5.41) is 0.736. The Morgan fingerprint density at radius 1 is 1.11 bits per heavy atom. The minimum Gasteiger partial charge on any atom is -0.399 e. The van der Waals surface area contributed by atoms with Crippen LogP contribution in [0.15, 0.2) is 42.5 Å². The topological polar surface area (TPSA) is 38.9 Å². The van der Waals surface area contributed by atoms with Crippen molar-refractivity contribution in [1.82, 2.24) is 4.98 Å². The number of aromatic nitrogens is 1. The minimum atomic E-state index is 0.736. The molecule has 0 unspecified atom stereocenters. The SMILES string of the molecule is C#Cc1nc2ccc(Cc3ccc(N)cc3)cc2s1. The molecule has 2 aromatic carbocycles. The Morgan fingerprint density at radius 3 is 2.58 bits per heavy atom. The summed E-state index contributed by atoms with van der Waals surface area (Å²) in [7, 11) is 0. The van der Waals surface area contributed by atoms with Crippen molar-refractivity contribution in [3.05, 3.63) is 58.6 Å². The third kappa shape index (κ3) is 2.44. The van der Waals surface area contributed by atoms with E-state index in [9.17, 15) is 0 Å². The maximum absolute atomic E-state index is 5.69. The van der Waals surface area contributed by atoms with Gasteiger partial charge < -0.3 is 5.73 Å². The maximum Gasteiger partial charge on any atom is 0.167 e. The average Bonchev–Trinajstić information content (AvgIpc) is 2.83. The van der Waals surface area contributed by atoms with Gasteiger partial charge in [-0.05, 0) is 47.7 Å². The average molecular weight is 264 g/mol. The van der Waals surface area contributed by atoms with Crippen LogP contribution in [-0.4, -0.2) is 4.98 Å². The summed E-state index contributed by atoms with van der Waals surface area (Å²) in [6.45, 7) is 0. The van der Waals surface area contributed by atoms with Crippen LogP contribution in [0.4, 0.5) is 5.69 Å². The van der Waals surface area contributed by atoms with E-state index in [0.29, 0.717) is 0 Å². The number of benzene rings is 2. The highest BCUT2D eigenvalue weighted by Gasteiger charge is 2.03. The maximum atomic E-state index is 5.69. The summed E-state index contributed by atoms with van der Waals surface area (Å²) in [6.07, 6.45) is 6.26. The first-order valence-corrected chi connectivity index (χ1v) is 6.77. The van der Waals surface area contributed by atoms with Crippen molar-refractivity contribution in [3.63, 3.8) is 0 Å². The number of rotatable bonds is 2. The molecule has 0 aliphatic heterocycles. The molecule has 92 valence electrons. The van der Waals surface area contributed by atoms with Crippen molar-refractivity contribution in [2.45, 2.75) is 6.42 Å². The van der Waals surface area contributed by atoms with Gasteiger partial charge in [-0.2, -0.15) is 0 Å². The molecule has 0 bridgehead atoms. The quantitative estimate of drug-likeness (QED) is 0.569. The molecule has 3 aromatic rings. The van der Waals surface area contributed by atoms with E-state index < -0.39 is 0 Å². The van der Waals surface area contributed by atoms with Gasteiger partial charge in [0.05, 0.1) is 10.2 Å². The Bertz CT molecular complexity index is 764. The second kappa shape index (κ2) is 4.75. The number of anilines is 1. The van der Waals surface area contributed by atoms with E-state index in [2.05, 4.69) is 35.2 Å². The van der Waals surface area contributed by atoms with Crippen LogP contribution in [0.3, 0.4) is 0 Å².